The Labute approximate surface area is 62.3 Å². The van der Waals surface area contributed by atoms with Crippen molar-refractivity contribution < 1.29 is 5.21 Å². The molecular formula is C7H7NOS. The monoisotopic (exact) mass is 153 g/mol. The molecule has 0 aliphatic heterocycles. The van der Waals surface area contributed by atoms with Crippen molar-refractivity contribution in [3.05, 3.63) is 23.2 Å². The van der Waals surface area contributed by atoms with Crippen molar-refractivity contribution >= 4 is 21.6 Å². The molecule has 0 radical (unpaired) electrons. The van der Waals surface area contributed by atoms with Gasteiger partial charge in [-0.1, -0.05) is 0 Å². The van der Waals surface area contributed by atoms with E-state index in [9.17, 15) is 5.21 Å². The molecular weight excluding hydrogens is 146 g/mol. The van der Waals surface area contributed by atoms with Gasteiger partial charge in [0.2, 0.25) is 0 Å². The topological polar surface area (TPSA) is 25.2 Å². The number of nitrogens with zero attached hydrogens (tertiary/aromatic N) is 1. The van der Waals surface area contributed by atoms with Crippen LogP contribution in [-0.2, 0) is 0 Å². The van der Waals surface area contributed by atoms with Gasteiger partial charge in [-0.25, -0.2) is 0 Å². The van der Waals surface area contributed by atoms with Crippen LogP contribution in [0.15, 0.2) is 17.6 Å². The van der Waals surface area contributed by atoms with Crippen LogP contribution in [0.5, 0.6) is 0 Å². The van der Waals surface area contributed by atoms with Gasteiger partial charge in [0.15, 0.2) is 0 Å². The highest BCUT2D eigenvalue weighted by Gasteiger charge is 2.03. The minimum Gasteiger partial charge on any atom is -0.428 e. The molecule has 0 saturated heterocycles. The molecule has 0 aliphatic rings. The van der Waals surface area contributed by atoms with Crippen molar-refractivity contribution in [2.24, 2.45) is 0 Å². The maximum absolute atomic E-state index is 9.20. The average molecular weight is 153 g/mol. The quantitative estimate of drug-likeness (QED) is 0.577. The van der Waals surface area contributed by atoms with Crippen molar-refractivity contribution in [3.8, 4) is 0 Å². The third-order valence-corrected chi connectivity index (χ3v) is 2.60. The molecule has 0 bridgehead atoms. The molecule has 10 heavy (non-hydrogen) atoms. The molecule has 3 heteroatoms. The van der Waals surface area contributed by atoms with Crippen LogP contribution in [0.25, 0.3) is 10.2 Å². The molecule has 2 aromatic heterocycles. The summed E-state index contributed by atoms with van der Waals surface area (Å²) in [5.41, 5.74) is 2.04. The highest BCUT2D eigenvalue weighted by atomic mass is 32.1. The van der Waals surface area contributed by atoms with Gasteiger partial charge in [0.1, 0.15) is 0 Å². The summed E-state index contributed by atoms with van der Waals surface area (Å²) in [6, 6.07) is 1.91. The summed E-state index contributed by atoms with van der Waals surface area (Å²) < 4.78 is 2.34. The van der Waals surface area contributed by atoms with Gasteiger partial charge in [0.05, 0.1) is 10.2 Å². The fourth-order valence-corrected chi connectivity index (χ4v) is 1.94. The van der Waals surface area contributed by atoms with Gasteiger partial charge in [0.25, 0.3) is 0 Å². The summed E-state index contributed by atoms with van der Waals surface area (Å²) in [5.74, 6) is 0. The molecule has 2 rings (SSSR count). The van der Waals surface area contributed by atoms with Gasteiger partial charge in [-0.15, -0.1) is 11.3 Å². The van der Waals surface area contributed by atoms with Gasteiger partial charge in [0, 0.05) is 6.20 Å². The first-order valence-electron chi connectivity index (χ1n) is 3.03. The van der Waals surface area contributed by atoms with E-state index in [-0.39, 0.29) is 0 Å². The van der Waals surface area contributed by atoms with E-state index in [1.807, 2.05) is 18.4 Å². The highest BCUT2D eigenvalue weighted by molar-refractivity contribution is 7.17. The smallest absolute Gasteiger partial charge is 0.0975 e. The number of thiophene rings is 1. The molecule has 2 nitrogen and oxygen atoms in total. The van der Waals surface area contributed by atoms with Gasteiger partial charge >= 0.3 is 0 Å². The largest absolute Gasteiger partial charge is 0.428 e. The maximum atomic E-state index is 9.20. The summed E-state index contributed by atoms with van der Waals surface area (Å²) >= 11 is 1.65. The first kappa shape index (κ1) is 5.80. The molecule has 0 unspecified atom stereocenters. The summed E-state index contributed by atoms with van der Waals surface area (Å²) in [6.07, 6.45) is 1.72. The Morgan fingerprint density at radius 1 is 1.60 bits per heavy atom. The number of aromatic nitrogens is 1. The lowest BCUT2D eigenvalue weighted by molar-refractivity contribution is 0.200. The molecule has 52 valence electrons. The van der Waals surface area contributed by atoms with Crippen molar-refractivity contribution in [1.82, 2.24) is 4.73 Å². The number of hydrogen-bond acceptors (Lipinski definition) is 2. The van der Waals surface area contributed by atoms with E-state index in [0.29, 0.717) is 0 Å². The number of aryl methyl sites for hydroxylation is 1. The third kappa shape index (κ3) is 0.580. The van der Waals surface area contributed by atoms with E-state index in [1.54, 1.807) is 17.5 Å². The van der Waals surface area contributed by atoms with Crippen molar-refractivity contribution in [3.63, 3.8) is 0 Å². The Bertz CT molecular complexity index is 329. The second kappa shape index (κ2) is 1.76. The van der Waals surface area contributed by atoms with Gasteiger partial charge in [-0.3, -0.25) is 0 Å². The van der Waals surface area contributed by atoms with E-state index in [2.05, 4.69) is 0 Å². The lowest BCUT2D eigenvalue weighted by Crippen LogP contribution is -1.82. The van der Waals surface area contributed by atoms with Crippen molar-refractivity contribution in [2.75, 3.05) is 0 Å². The molecule has 0 fully saturated rings. The normalized spacial score (nSPS) is 10.9. The summed E-state index contributed by atoms with van der Waals surface area (Å²) in [5, 5.41) is 11.2. The molecule has 0 aliphatic carbocycles. The van der Waals surface area contributed by atoms with Crippen LogP contribution < -0.4 is 0 Å². The second-order valence-corrected chi connectivity index (χ2v) is 3.21. The van der Waals surface area contributed by atoms with Crippen LogP contribution in [0.3, 0.4) is 0 Å². The van der Waals surface area contributed by atoms with Crippen LogP contribution >= 0.6 is 11.3 Å². The van der Waals surface area contributed by atoms with Crippen LogP contribution in [0.2, 0.25) is 0 Å². The fraction of sp³-hybridized carbons (Fsp3) is 0.143. The van der Waals surface area contributed by atoms with E-state index in [1.165, 1.54) is 9.43 Å². The lowest BCUT2D eigenvalue weighted by atomic mass is 10.4. The zero-order chi connectivity index (χ0) is 7.14. The molecule has 0 spiro atoms. The Kier molecular flexibility index (Phi) is 1.02. The predicted octanol–water partition coefficient (Wildman–Crippen LogP) is 2.25. The van der Waals surface area contributed by atoms with E-state index in [0.717, 1.165) is 11.1 Å². The number of hydrogen-bond donors (Lipinski definition) is 1. The molecule has 2 aromatic rings. The standard InChI is InChI=1S/C7H7NOS/c1-5-4-8(9)6-2-3-10-7(5)6/h2-4,9H,1H3. The van der Waals surface area contributed by atoms with Crippen molar-refractivity contribution in [1.29, 1.82) is 0 Å². The summed E-state index contributed by atoms with van der Waals surface area (Å²) in [6.45, 7) is 1.99. The number of fused-ring (bicyclic) bond motifs is 1. The third-order valence-electron chi connectivity index (χ3n) is 1.57. The van der Waals surface area contributed by atoms with Gasteiger partial charge in [-0.05, 0) is 23.9 Å². The number of rotatable bonds is 0. The Balaban J connectivity index is 2.98. The average Bonchev–Trinajstić information content (AvgIpc) is 2.39. The molecule has 0 atom stereocenters. The predicted molar refractivity (Wildman–Crippen MR) is 41.7 cm³/mol. The molecule has 0 amide bonds. The first-order valence-corrected chi connectivity index (χ1v) is 3.91. The first-order chi connectivity index (χ1) is 4.79. The highest BCUT2D eigenvalue weighted by Crippen LogP contribution is 2.24. The van der Waals surface area contributed by atoms with E-state index >= 15 is 0 Å². The summed E-state index contributed by atoms with van der Waals surface area (Å²) in [4.78, 5) is 0. The lowest BCUT2D eigenvalue weighted by Gasteiger charge is -1.85. The fourth-order valence-electron chi connectivity index (χ4n) is 1.09. The summed E-state index contributed by atoms with van der Waals surface area (Å²) in [7, 11) is 0. The van der Waals surface area contributed by atoms with Crippen LogP contribution in [0.1, 0.15) is 5.56 Å². The second-order valence-electron chi connectivity index (χ2n) is 2.29. The molecule has 0 aromatic carbocycles. The van der Waals surface area contributed by atoms with Crippen LogP contribution in [0, 0.1) is 6.92 Å². The minimum absolute atomic E-state index is 0.905. The Morgan fingerprint density at radius 3 is 3.10 bits per heavy atom. The van der Waals surface area contributed by atoms with Crippen LogP contribution in [0.4, 0.5) is 0 Å². The molecule has 0 saturated carbocycles. The van der Waals surface area contributed by atoms with Crippen LogP contribution in [-0.4, -0.2) is 9.94 Å². The SMILES string of the molecule is Cc1cn(O)c2ccsc12. The Morgan fingerprint density at radius 2 is 2.40 bits per heavy atom. The maximum Gasteiger partial charge on any atom is 0.0975 e. The molecule has 2 heterocycles. The Hall–Kier alpha value is -0.960. The molecule has 1 N–H and O–H groups in total. The van der Waals surface area contributed by atoms with E-state index in [4.69, 9.17) is 0 Å². The minimum atomic E-state index is 0.905. The van der Waals surface area contributed by atoms with Crippen molar-refractivity contribution in [2.45, 2.75) is 6.92 Å². The zero-order valence-electron chi connectivity index (χ0n) is 5.53. The van der Waals surface area contributed by atoms with Gasteiger partial charge in [-0.2, -0.15) is 4.73 Å². The zero-order valence-corrected chi connectivity index (χ0v) is 6.35. The van der Waals surface area contributed by atoms with Gasteiger partial charge < -0.3 is 5.21 Å². The van der Waals surface area contributed by atoms with E-state index < -0.39 is 0 Å².